The van der Waals surface area contributed by atoms with Crippen molar-refractivity contribution in [1.29, 1.82) is 0 Å². The maximum atomic E-state index is 12.7. The number of anilines is 1. The van der Waals surface area contributed by atoms with Crippen molar-refractivity contribution in [2.75, 3.05) is 11.9 Å². The minimum atomic E-state index is -0.183. The van der Waals surface area contributed by atoms with Crippen LogP contribution < -0.4 is 10.6 Å². The highest BCUT2D eigenvalue weighted by molar-refractivity contribution is 5.97. The maximum absolute atomic E-state index is 12.7. The van der Waals surface area contributed by atoms with Gasteiger partial charge in [-0.15, -0.1) is 0 Å². The molecule has 1 aromatic carbocycles. The van der Waals surface area contributed by atoms with Crippen LogP contribution in [0.4, 0.5) is 5.82 Å². The molecule has 0 aliphatic carbocycles. The van der Waals surface area contributed by atoms with Gasteiger partial charge in [0.2, 0.25) is 0 Å². The molecule has 0 bridgehead atoms. The minimum absolute atomic E-state index is 0.0605. The third kappa shape index (κ3) is 4.79. The first-order valence-corrected chi connectivity index (χ1v) is 9.03. The lowest BCUT2D eigenvalue weighted by molar-refractivity contribution is 0.0937. The quantitative estimate of drug-likeness (QED) is 0.584. The van der Waals surface area contributed by atoms with E-state index in [1.807, 2.05) is 25.1 Å². The monoisotopic (exact) mass is 378 g/mol. The number of hydrogen-bond acceptors (Lipinski definition) is 6. The number of Topliss-reactive ketones (excluding diaryl/α,β-unsaturated/α-hetero) is 1. The molecular weight excluding hydrogens is 356 g/mol. The molecule has 8 nitrogen and oxygen atoms in total. The number of carbonyl (C=O) groups excluding carboxylic acids is 2. The highest BCUT2D eigenvalue weighted by atomic mass is 16.1. The lowest BCUT2D eigenvalue weighted by atomic mass is 10.1. The van der Waals surface area contributed by atoms with Crippen molar-refractivity contribution in [3.05, 3.63) is 66.1 Å². The maximum Gasteiger partial charge on any atom is 0.253 e. The van der Waals surface area contributed by atoms with Gasteiger partial charge in [0, 0.05) is 19.5 Å². The van der Waals surface area contributed by atoms with Crippen LogP contribution in [0.25, 0.3) is 5.69 Å². The Hall–Kier alpha value is -3.55. The SMILES string of the molecule is CC(=O)c1cccc(NCC[C@@H](C)NC(=O)c2ccccc2-n2nccn2)n1. The molecule has 0 aliphatic heterocycles. The Morgan fingerprint density at radius 3 is 2.57 bits per heavy atom. The van der Waals surface area contributed by atoms with Crippen LogP contribution in [0.1, 0.15) is 41.1 Å². The highest BCUT2D eigenvalue weighted by Gasteiger charge is 2.15. The average molecular weight is 378 g/mol. The molecular formula is C20H22N6O2. The molecule has 0 saturated carbocycles. The van der Waals surface area contributed by atoms with Crippen molar-refractivity contribution >= 4 is 17.5 Å². The van der Waals surface area contributed by atoms with Gasteiger partial charge in [-0.25, -0.2) is 4.98 Å². The molecule has 144 valence electrons. The molecule has 1 atom stereocenters. The van der Waals surface area contributed by atoms with Crippen molar-refractivity contribution in [2.24, 2.45) is 0 Å². The number of rotatable bonds is 8. The van der Waals surface area contributed by atoms with E-state index in [9.17, 15) is 9.59 Å². The number of nitrogens with zero attached hydrogens (tertiary/aromatic N) is 4. The van der Waals surface area contributed by atoms with E-state index < -0.39 is 0 Å². The van der Waals surface area contributed by atoms with E-state index in [4.69, 9.17) is 0 Å². The molecule has 0 saturated heterocycles. The van der Waals surface area contributed by atoms with Crippen LogP contribution in [-0.2, 0) is 0 Å². The number of amides is 1. The number of pyridine rings is 1. The van der Waals surface area contributed by atoms with Crippen LogP contribution in [0.5, 0.6) is 0 Å². The van der Waals surface area contributed by atoms with Gasteiger partial charge in [0.25, 0.3) is 5.91 Å². The first-order valence-electron chi connectivity index (χ1n) is 9.03. The zero-order valence-electron chi connectivity index (χ0n) is 15.8. The molecule has 28 heavy (non-hydrogen) atoms. The molecule has 0 fully saturated rings. The molecule has 0 aliphatic rings. The van der Waals surface area contributed by atoms with Crippen LogP contribution >= 0.6 is 0 Å². The van der Waals surface area contributed by atoms with Crippen molar-refractivity contribution in [1.82, 2.24) is 25.3 Å². The second-order valence-corrected chi connectivity index (χ2v) is 6.39. The zero-order valence-corrected chi connectivity index (χ0v) is 15.8. The lowest BCUT2D eigenvalue weighted by Crippen LogP contribution is -2.34. The summed E-state index contributed by atoms with van der Waals surface area (Å²) < 4.78 is 0. The molecule has 2 aromatic heterocycles. The Kier molecular flexibility index (Phi) is 6.11. The van der Waals surface area contributed by atoms with Gasteiger partial charge in [-0.05, 0) is 37.6 Å². The van der Waals surface area contributed by atoms with Crippen molar-refractivity contribution in [3.8, 4) is 5.69 Å². The number of aromatic nitrogens is 4. The Morgan fingerprint density at radius 2 is 1.82 bits per heavy atom. The van der Waals surface area contributed by atoms with E-state index in [1.54, 1.807) is 36.7 Å². The Bertz CT molecular complexity index is 955. The van der Waals surface area contributed by atoms with Gasteiger partial charge in [0.05, 0.1) is 23.6 Å². The first kappa shape index (κ1) is 19.2. The summed E-state index contributed by atoms with van der Waals surface area (Å²) in [5, 5.41) is 14.4. The molecule has 2 N–H and O–H groups in total. The minimum Gasteiger partial charge on any atom is -0.370 e. The summed E-state index contributed by atoms with van der Waals surface area (Å²) in [4.78, 5) is 29.8. The predicted molar refractivity (Wildman–Crippen MR) is 106 cm³/mol. The largest absolute Gasteiger partial charge is 0.370 e. The topological polar surface area (TPSA) is 102 Å². The summed E-state index contributed by atoms with van der Waals surface area (Å²) in [6.07, 6.45) is 3.83. The standard InChI is InChI=1S/C20H22N6O2/c1-14(10-11-21-19-9-5-7-17(25-19)15(2)27)24-20(28)16-6-3-4-8-18(16)26-22-12-13-23-26/h3-9,12-14H,10-11H2,1-2H3,(H,21,25)(H,24,28)/t14-/m1/s1. The fraction of sp³-hybridized carbons (Fsp3) is 0.250. The molecule has 3 aromatic rings. The lowest BCUT2D eigenvalue weighted by Gasteiger charge is -2.16. The molecule has 1 amide bonds. The number of para-hydroxylation sites is 1. The van der Waals surface area contributed by atoms with E-state index >= 15 is 0 Å². The van der Waals surface area contributed by atoms with Gasteiger partial charge in [0.15, 0.2) is 5.78 Å². The van der Waals surface area contributed by atoms with Crippen molar-refractivity contribution in [2.45, 2.75) is 26.3 Å². The molecule has 3 rings (SSSR count). The van der Waals surface area contributed by atoms with Gasteiger partial charge in [-0.2, -0.15) is 15.0 Å². The van der Waals surface area contributed by atoms with Gasteiger partial charge in [-0.1, -0.05) is 18.2 Å². The number of nitrogens with one attached hydrogen (secondary N) is 2. The van der Waals surface area contributed by atoms with E-state index in [-0.39, 0.29) is 17.7 Å². The molecule has 0 spiro atoms. The fourth-order valence-corrected chi connectivity index (χ4v) is 2.70. The zero-order chi connectivity index (χ0) is 19.9. The van der Waals surface area contributed by atoms with E-state index in [2.05, 4.69) is 25.8 Å². The molecule has 8 heteroatoms. The highest BCUT2D eigenvalue weighted by Crippen LogP contribution is 2.13. The summed E-state index contributed by atoms with van der Waals surface area (Å²) in [5.41, 5.74) is 1.56. The molecule has 2 heterocycles. The first-order chi connectivity index (χ1) is 13.5. The van der Waals surface area contributed by atoms with Gasteiger partial charge in [-0.3, -0.25) is 9.59 Å². The van der Waals surface area contributed by atoms with Crippen LogP contribution in [0, 0.1) is 0 Å². The number of ketones is 1. The second kappa shape index (κ2) is 8.90. The Balaban J connectivity index is 1.56. The fourth-order valence-electron chi connectivity index (χ4n) is 2.70. The van der Waals surface area contributed by atoms with Crippen LogP contribution in [-0.4, -0.2) is 44.3 Å². The summed E-state index contributed by atoms with van der Waals surface area (Å²) in [7, 11) is 0. The predicted octanol–water partition coefficient (Wildman–Crippen LogP) is 2.49. The van der Waals surface area contributed by atoms with E-state index in [1.165, 1.54) is 11.7 Å². The average Bonchev–Trinajstić information content (AvgIpc) is 3.23. The smallest absolute Gasteiger partial charge is 0.253 e. The second-order valence-electron chi connectivity index (χ2n) is 6.39. The van der Waals surface area contributed by atoms with Crippen LogP contribution in [0.2, 0.25) is 0 Å². The van der Waals surface area contributed by atoms with Gasteiger partial charge in [0.1, 0.15) is 11.5 Å². The number of benzene rings is 1. The molecule has 0 unspecified atom stereocenters. The summed E-state index contributed by atoms with van der Waals surface area (Å²) in [5.74, 6) is 0.382. The Morgan fingerprint density at radius 1 is 1.07 bits per heavy atom. The third-order valence-corrected chi connectivity index (χ3v) is 4.15. The van der Waals surface area contributed by atoms with Crippen LogP contribution in [0.3, 0.4) is 0 Å². The van der Waals surface area contributed by atoms with Gasteiger partial charge < -0.3 is 10.6 Å². The summed E-state index contributed by atoms with van der Waals surface area (Å²) in [6, 6.07) is 12.4. The van der Waals surface area contributed by atoms with Gasteiger partial charge >= 0.3 is 0 Å². The van der Waals surface area contributed by atoms with Crippen molar-refractivity contribution in [3.63, 3.8) is 0 Å². The normalized spacial score (nSPS) is 11.6. The van der Waals surface area contributed by atoms with Crippen molar-refractivity contribution < 1.29 is 9.59 Å². The van der Waals surface area contributed by atoms with E-state index in [0.717, 1.165) is 0 Å². The molecule has 0 radical (unpaired) electrons. The Labute approximate surface area is 163 Å². The number of carbonyl (C=O) groups is 2. The summed E-state index contributed by atoms with van der Waals surface area (Å²) in [6.45, 7) is 4.03. The summed E-state index contributed by atoms with van der Waals surface area (Å²) >= 11 is 0. The van der Waals surface area contributed by atoms with Crippen LogP contribution in [0.15, 0.2) is 54.9 Å². The van der Waals surface area contributed by atoms with E-state index in [0.29, 0.717) is 35.7 Å². The third-order valence-electron chi connectivity index (χ3n) is 4.15. The number of hydrogen-bond donors (Lipinski definition) is 2.